The Morgan fingerprint density at radius 3 is 2.89 bits per heavy atom. The largest absolute Gasteiger partial charge is 0.371 e. The fourth-order valence-corrected chi connectivity index (χ4v) is 3.34. The first-order chi connectivity index (χ1) is 9.26. The van der Waals surface area contributed by atoms with Crippen LogP contribution in [0.2, 0.25) is 0 Å². The van der Waals surface area contributed by atoms with Gasteiger partial charge in [0.05, 0.1) is 5.88 Å². The van der Waals surface area contributed by atoms with Crippen molar-refractivity contribution >= 4 is 17.3 Å². The molecule has 0 amide bonds. The van der Waals surface area contributed by atoms with E-state index in [1.807, 2.05) is 6.07 Å². The predicted molar refractivity (Wildman–Crippen MR) is 80.4 cm³/mol. The second-order valence-electron chi connectivity index (χ2n) is 5.44. The molecule has 1 aliphatic rings. The van der Waals surface area contributed by atoms with Gasteiger partial charge in [0.15, 0.2) is 0 Å². The van der Waals surface area contributed by atoms with E-state index in [9.17, 15) is 4.39 Å². The molecule has 1 fully saturated rings. The van der Waals surface area contributed by atoms with Crippen LogP contribution in [0.3, 0.4) is 0 Å². The molecule has 1 aromatic carbocycles. The third-order valence-corrected chi connectivity index (χ3v) is 4.38. The minimum Gasteiger partial charge on any atom is -0.371 e. The molecule has 1 heterocycles. The fourth-order valence-electron chi connectivity index (χ4n) is 3.08. The molecular weight excluding hydrogens is 261 g/mol. The molecule has 1 nitrogen and oxygen atoms in total. The van der Waals surface area contributed by atoms with E-state index in [4.69, 9.17) is 11.6 Å². The molecule has 0 radical (unpaired) electrons. The van der Waals surface area contributed by atoms with Crippen LogP contribution >= 0.6 is 11.6 Å². The van der Waals surface area contributed by atoms with Crippen LogP contribution in [0.4, 0.5) is 10.1 Å². The summed E-state index contributed by atoms with van der Waals surface area (Å²) in [5.41, 5.74) is 1.64. The normalized spacial score (nSPS) is 20.4. The topological polar surface area (TPSA) is 3.24 Å². The van der Waals surface area contributed by atoms with E-state index in [-0.39, 0.29) is 11.7 Å². The lowest BCUT2D eigenvalue weighted by molar-refractivity contribution is 0.435. The molecule has 3 heteroatoms. The maximum absolute atomic E-state index is 13.8. The van der Waals surface area contributed by atoms with Gasteiger partial charge in [0.25, 0.3) is 0 Å². The van der Waals surface area contributed by atoms with Crippen molar-refractivity contribution in [3.05, 3.63) is 29.6 Å². The second kappa shape index (κ2) is 7.14. The number of anilines is 1. The van der Waals surface area contributed by atoms with Crippen molar-refractivity contribution in [2.24, 2.45) is 5.92 Å². The smallest absolute Gasteiger partial charge is 0.129 e. The van der Waals surface area contributed by atoms with Crippen molar-refractivity contribution < 1.29 is 4.39 Å². The molecule has 0 spiro atoms. The molecule has 0 aromatic heterocycles. The van der Waals surface area contributed by atoms with Crippen molar-refractivity contribution in [1.82, 2.24) is 0 Å². The molecule has 19 heavy (non-hydrogen) atoms. The SMILES string of the molecule is CCCC1CCCN(c2cccc(F)c2CCl)CC1. The Hall–Kier alpha value is -0.760. The summed E-state index contributed by atoms with van der Waals surface area (Å²) in [7, 11) is 0. The van der Waals surface area contributed by atoms with Gasteiger partial charge in [-0.3, -0.25) is 0 Å². The third kappa shape index (κ3) is 3.62. The Morgan fingerprint density at radius 2 is 2.16 bits per heavy atom. The summed E-state index contributed by atoms with van der Waals surface area (Å²) in [6.07, 6.45) is 6.29. The molecule has 1 unspecified atom stereocenters. The number of alkyl halides is 1. The van der Waals surface area contributed by atoms with Crippen LogP contribution in [0.1, 0.15) is 44.6 Å². The number of benzene rings is 1. The Morgan fingerprint density at radius 1 is 1.32 bits per heavy atom. The highest BCUT2D eigenvalue weighted by atomic mass is 35.5. The van der Waals surface area contributed by atoms with Gasteiger partial charge in [-0.05, 0) is 37.3 Å². The van der Waals surface area contributed by atoms with E-state index in [1.165, 1.54) is 38.2 Å². The average molecular weight is 284 g/mol. The minimum absolute atomic E-state index is 0.179. The van der Waals surface area contributed by atoms with Gasteiger partial charge in [0.2, 0.25) is 0 Å². The first-order valence-corrected chi connectivity index (χ1v) is 7.88. The minimum atomic E-state index is -0.179. The van der Waals surface area contributed by atoms with E-state index in [1.54, 1.807) is 6.07 Å². The fraction of sp³-hybridized carbons (Fsp3) is 0.625. The van der Waals surface area contributed by atoms with E-state index in [0.29, 0.717) is 5.56 Å². The molecule has 0 N–H and O–H groups in total. The van der Waals surface area contributed by atoms with Crippen molar-refractivity contribution in [3.63, 3.8) is 0 Å². The molecule has 1 atom stereocenters. The Balaban J connectivity index is 2.12. The van der Waals surface area contributed by atoms with Crippen molar-refractivity contribution in [3.8, 4) is 0 Å². The highest BCUT2D eigenvalue weighted by Crippen LogP contribution is 2.29. The van der Waals surface area contributed by atoms with Gasteiger partial charge < -0.3 is 4.90 Å². The van der Waals surface area contributed by atoms with E-state index in [2.05, 4.69) is 11.8 Å². The first-order valence-electron chi connectivity index (χ1n) is 7.34. The summed E-state index contributed by atoms with van der Waals surface area (Å²) >= 11 is 5.91. The van der Waals surface area contributed by atoms with Gasteiger partial charge in [-0.2, -0.15) is 0 Å². The van der Waals surface area contributed by atoms with Crippen LogP contribution < -0.4 is 4.90 Å². The Bertz CT molecular complexity index is 408. The van der Waals surface area contributed by atoms with E-state index in [0.717, 1.165) is 24.7 Å². The van der Waals surface area contributed by atoms with Crippen LogP contribution in [-0.2, 0) is 5.88 Å². The number of hydrogen-bond donors (Lipinski definition) is 0. The summed E-state index contributed by atoms with van der Waals surface area (Å²) in [6.45, 7) is 4.30. The quantitative estimate of drug-likeness (QED) is 0.705. The zero-order valence-electron chi connectivity index (χ0n) is 11.7. The van der Waals surface area contributed by atoms with E-state index >= 15 is 0 Å². The molecule has 106 valence electrons. The highest BCUT2D eigenvalue weighted by Gasteiger charge is 2.19. The standard InChI is InChI=1S/C16H23ClFN/c1-2-5-13-6-4-10-19(11-9-13)16-8-3-7-15(18)14(16)12-17/h3,7-8,13H,2,4-6,9-12H2,1H3. The van der Waals surface area contributed by atoms with Crippen LogP contribution in [0.5, 0.6) is 0 Å². The summed E-state index contributed by atoms with van der Waals surface area (Å²) < 4.78 is 13.8. The Kier molecular flexibility index (Phi) is 5.50. The zero-order valence-corrected chi connectivity index (χ0v) is 12.4. The average Bonchev–Trinajstić information content (AvgIpc) is 2.64. The number of hydrogen-bond acceptors (Lipinski definition) is 1. The van der Waals surface area contributed by atoms with Crippen molar-refractivity contribution in [1.29, 1.82) is 0 Å². The van der Waals surface area contributed by atoms with Gasteiger partial charge in [-0.15, -0.1) is 11.6 Å². The van der Waals surface area contributed by atoms with Crippen LogP contribution in [-0.4, -0.2) is 13.1 Å². The predicted octanol–water partition coefficient (Wildman–Crippen LogP) is 4.97. The lowest BCUT2D eigenvalue weighted by atomic mass is 9.96. The lowest BCUT2D eigenvalue weighted by Gasteiger charge is -2.25. The van der Waals surface area contributed by atoms with Crippen LogP contribution in [0.25, 0.3) is 0 Å². The molecule has 0 saturated carbocycles. The van der Waals surface area contributed by atoms with E-state index < -0.39 is 0 Å². The molecule has 1 aromatic rings. The number of nitrogens with zero attached hydrogens (tertiary/aromatic N) is 1. The molecule has 1 aliphatic heterocycles. The third-order valence-electron chi connectivity index (χ3n) is 4.11. The highest BCUT2D eigenvalue weighted by molar-refractivity contribution is 6.17. The van der Waals surface area contributed by atoms with Crippen molar-refractivity contribution in [2.45, 2.75) is 44.9 Å². The number of rotatable bonds is 4. The van der Waals surface area contributed by atoms with Gasteiger partial charge in [0.1, 0.15) is 5.82 Å². The lowest BCUT2D eigenvalue weighted by Crippen LogP contribution is -2.25. The van der Waals surface area contributed by atoms with Gasteiger partial charge in [-0.25, -0.2) is 4.39 Å². The maximum Gasteiger partial charge on any atom is 0.129 e. The van der Waals surface area contributed by atoms with Gasteiger partial charge in [-0.1, -0.05) is 25.8 Å². The molecule has 1 saturated heterocycles. The maximum atomic E-state index is 13.8. The Labute approximate surface area is 120 Å². The summed E-state index contributed by atoms with van der Waals surface area (Å²) in [6, 6.07) is 5.29. The number of halogens is 2. The van der Waals surface area contributed by atoms with Crippen LogP contribution in [0.15, 0.2) is 18.2 Å². The molecule has 0 aliphatic carbocycles. The van der Waals surface area contributed by atoms with Crippen molar-refractivity contribution in [2.75, 3.05) is 18.0 Å². The monoisotopic (exact) mass is 283 g/mol. The second-order valence-corrected chi connectivity index (χ2v) is 5.71. The summed E-state index contributed by atoms with van der Waals surface area (Å²) in [4.78, 5) is 2.32. The van der Waals surface area contributed by atoms with Crippen LogP contribution in [0, 0.1) is 11.7 Å². The summed E-state index contributed by atoms with van der Waals surface area (Å²) in [5, 5.41) is 0. The molecule has 2 rings (SSSR count). The molecule has 0 bridgehead atoms. The van der Waals surface area contributed by atoms with Gasteiger partial charge in [0, 0.05) is 24.3 Å². The molecular formula is C16H23ClFN. The first kappa shape index (κ1) is 14.6. The zero-order chi connectivity index (χ0) is 13.7. The summed E-state index contributed by atoms with van der Waals surface area (Å²) in [5.74, 6) is 0.904. The van der Waals surface area contributed by atoms with Gasteiger partial charge >= 0.3 is 0 Å².